The number of anilines is 1. The van der Waals surface area contributed by atoms with Crippen molar-refractivity contribution in [1.29, 1.82) is 0 Å². The van der Waals surface area contributed by atoms with Crippen molar-refractivity contribution in [2.45, 2.75) is 6.92 Å². The molecule has 0 aliphatic carbocycles. The van der Waals surface area contributed by atoms with Crippen LogP contribution in [0.2, 0.25) is 5.02 Å². The van der Waals surface area contributed by atoms with E-state index in [1.165, 1.54) is 12.3 Å². The molecule has 4 rings (SSSR count). The van der Waals surface area contributed by atoms with Gasteiger partial charge < -0.3 is 18.9 Å². The van der Waals surface area contributed by atoms with Crippen LogP contribution in [0.3, 0.4) is 0 Å². The fourth-order valence-corrected chi connectivity index (χ4v) is 3.00. The number of benzene rings is 2. The zero-order chi connectivity index (χ0) is 20.4. The first-order valence-electron chi connectivity index (χ1n) is 8.81. The summed E-state index contributed by atoms with van der Waals surface area (Å²) in [4.78, 5) is 25.3. The zero-order valence-corrected chi connectivity index (χ0v) is 16.2. The summed E-state index contributed by atoms with van der Waals surface area (Å²) in [6.07, 6.45) is 1.45. The molecule has 29 heavy (non-hydrogen) atoms. The number of hydrogen-bond donors (Lipinski definition) is 1. The highest BCUT2D eigenvalue weighted by Crippen LogP contribution is 2.32. The number of hydrogen-bond acceptors (Lipinski definition) is 5. The molecule has 1 amide bonds. The van der Waals surface area contributed by atoms with Crippen LogP contribution in [0, 0.1) is 6.92 Å². The van der Waals surface area contributed by atoms with E-state index in [0.29, 0.717) is 22.1 Å². The summed E-state index contributed by atoms with van der Waals surface area (Å²) < 4.78 is 16.8. The molecule has 0 aliphatic heterocycles. The highest BCUT2D eigenvalue weighted by molar-refractivity contribution is 6.31. The molecule has 0 atom stereocenters. The average Bonchev–Trinajstić information content (AvgIpc) is 3.24. The van der Waals surface area contributed by atoms with Gasteiger partial charge in [-0.15, -0.1) is 0 Å². The fraction of sp³-hybridized carbons (Fsp3) is 0.0909. The minimum atomic E-state index is -0.441. The van der Waals surface area contributed by atoms with Crippen LogP contribution in [0.1, 0.15) is 5.56 Å². The molecule has 0 bridgehead atoms. The molecule has 6 nitrogen and oxygen atoms in total. The quantitative estimate of drug-likeness (QED) is 0.499. The Balaban J connectivity index is 1.65. The molecule has 0 saturated carbocycles. The van der Waals surface area contributed by atoms with E-state index in [2.05, 4.69) is 5.32 Å². The van der Waals surface area contributed by atoms with Crippen molar-refractivity contribution < 1.29 is 18.4 Å². The number of nitrogens with one attached hydrogen (secondary N) is 1. The van der Waals surface area contributed by atoms with E-state index >= 15 is 0 Å². The van der Waals surface area contributed by atoms with Gasteiger partial charge in [-0.25, -0.2) is 0 Å². The molecule has 0 saturated heterocycles. The van der Waals surface area contributed by atoms with Crippen LogP contribution in [-0.2, 0) is 4.79 Å². The van der Waals surface area contributed by atoms with E-state index in [9.17, 15) is 9.59 Å². The first-order chi connectivity index (χ1) is 14.0. The highest BCUT2D eigenvalue weighted by atomic mass is 35.5. The Morgan fingerprint density at radius 3 is 2.66 bits per heavy atom. The van der Waals surface area contributed by atoms with Crippen LogP contribution in [-0.4, -0.2) is 12.5 Å². The summed E-state index contributed by atoms with van der Waals surface area (Å²) in [5.41, 5.74) is 1.60. The van der Waals surface area contributed by atoms with Crippen molar-refractivity contribution >= 4 is 34.2 Å². The third kappa shape index (κ3) is 4.02. The first kappa shape index (κ1) is 18.8. The number of carbonyl (C=O) groups excluding carboxylic acids is 1. The standard InChI is InChI=1S/C22H16ClNO5/c1-13-4-7-15(8-5-13)24-19(25)12-28-22-20(26)16-11-14(23)6-9-17(16)29-21(22)18-3-2-10-27-18/h2-11H,12H2,1H3,(H,24,25). The van der Waals surface area contributed by atoms with Gasteiger partial charge in [0.05, 0.1) is 11.6 Å². The van der Waals surface area contributed by atoms with Gasteiger partial charge in [0, 0.05) is 10.7 Å². The second-order valence-corrected chi connectivity index (χ2v) is 6.85. The number of amides is 1. The van der Waals surface area contributed by atoms with E-state index in [1.807, 2.05) is 19.1 Å². The lowest BCUT2D eigenvalue weighted by atomic mass is 10.2. The van der Waals surface area contributed by atoms with Crippen LogP contribution in [0.15, 0.2) is 74.5 Å². The topological polar surface area (TPSA) is 81.7 Å². The fourth-order valence-electron chi connectivity index (χ4n) is 2.82. The van der Waals surface area contributed by atoms with E-state index < -0.39 is 11.3 Å². The summed E-state index contributed by atoms with van der Waals surface area (Å²) in [7, 11) is 0. The second kappa shape index (κ2) is 7.85. The Kier molecular flexibility index (Phi) is 5.10. The molecular formula is C22H16ClNO5. The van der Waals surface area contributed by atoms with Crippen molar-refractivity contribution in [2.75, 3.05) is 11.9 Å². The second-order valence-electron chi connectivity index (χ2n) is 6.41. The predicted octanol–water partition coefficient (Wildman–Crippen LogP) is 5.03. The van der Waals surface area contributed by atoms with Gasteiger partial charge in [-0.2, -0.15) is 0 Å². The zero-order valence-electron chi connectivity index (χ0n) is 15.4. The summed E-state index contributed by atoms with van der Waals surface area (Å²) in [6, 6.07) is 15.3. The largest absolute Gasteiger partial charge is 0.476 e. The Morgan fingerprint density at radius 1 is 1.14 bits per heavy atom. The van der Waals surface area contributed by atoms with Gasteiger partial charge >= 0.3 is 0 Å². The summed E-state index contributed by atoms with van der Waals surface area (Å²) in [5, 5.41) is 3.36. The minimum absolute atomic E-state index is 0.109. The lowest BCUT2D eigenvalue weighted by Gasteiger charge is -2.11. The van der Waals surface area contributed by atoms with E-state index in [0.717, 1.165) is 5.56 Å². The van der Waals surface area contributed by atoms with Crippen LogP contribution in [0.4, 0.5) is 5.69 Å². The molecule has 0 aliphatic rings. The molecule has 146 valence electrons. The number of halogens is 1. The van der Waals surface area contributed by atoms with Crippen LogP contribution in [0.25, 0.3) is 22.5 Å². The normalized spacial score (nSPS) is 10.8. The summed E-state index contributed by atoms with van der Waals surface area (Å²) in [5.74, 6) is -0.107. The lowest BCUT2D eigenvalue weighted by Crippen LogP contribution is -2.22. The molecule has 2 aromatic carbocycles. The van der Waals surface area contributed by atoms with Crippen LogP contribution in [0.5, 0.6) is 5.75 Å². The Labute approximate surface area is 170 Å². The Hall–Kier alpha value is -3.51. The molecule has 0 unspecified atom stereocenters. The number of rotatable bonds is 5. The van der Waals surface area contributed by atoms with Gasteiger partial charge in [-0.1, -0.05) is 29.3 Å². The third-order valence-electron chi connectivity index (χ3n) is 4.24. The van der Waals surface area contributed by atoms with Crippen LogP contribution < -0.4 is 15.5 Å². The van der Waals surface area contributed by atoms with Gasteiger partial charge in [0.25, 0.3) is 5.91 Å². The van der Waals surface area contributed by atoms with Crippen LogP contribution >= 0.6 is 11.6 Å². The van der Waals surface area contributed by atoms with Crippen molar-refractivity contribution in [1.82, 2.24) is 0 Å². The number of aryl methyl sites for hydroxylation is 1. The monoisotopic (exact) mass is 409 g/mol. The van der Waals surface area contributed by atoms with Gasteiger partial charge in [-0.05, 0) is 49.4 Å². The van der Waals surface area contributed by atoms with Crippen molar-refractivity contribution in [3.63, 3.8) is 0 Å². The number of fused-ring (bicyclic) bond motifs is 1. The van der Waals surface area contributed by atoms with Gasteiger partial charge in [0.2, 0.25) is 16.9 Å². The number of furan rings is 1. The maximum atomic E-state index is 13.0. The molecule has 2 aromatic heterocycles. The van der Waals surface area contributed by atoms with Gasteiger partial charge in [0.15, 0.2) is 12.4 Å². The van der Waals surface area contributed by atoms with E-state index in [1.54, 1.807) is 36.4 Å². The smallest absolute Gasteiger partial charge is 0.262 e. The van der Waals surface area contributed by atoms with E-state index in [4.69, 9.17) is 25.2 Å². The minimum Gasteiger partial charge on any atom is -0.476 e. The maximum Gasteiger partial charge on any atom is 0.262 e. The van der Waals surface area contributed by atoms with Crippen molar-refractivity contribution in [3.05, 3.63) is 81.7 Å². The Bertz CT molecular complexity index is 1230. The summed E-state index contributed by atoms with van der Waals surface area (Å²) in [6.45, 7) is 1.58. The maximum absolute atomic E-state index is 13.0. The number of carbonyl (C=O) groups is 1. The van der Waals surface area contributed by atoms with E-state index in [-0.39, 0.29) is 23.5 Å². The number of ether oxygens (including phenoxy) is 1. The summed E-state index contributed by atoms with van der Waals surface area (Å²) >= 11 is 6.01. The molecular weight excluding hydrogens is 394 g/mol. The predicted molar refractivity (Wildman–Crippen MR) is 110 cm³/mol. The molecule has 7 heteroatoms. The molecule has 2 heterocycles. The Morgan fingerprint density at radius 2 is 1.93 bits per heavy atom. The molecule has 0 fully saturated rings. The third-order valence-corrected chi connectivity index (χ3v) is 4.47. The molecule has 0 radical (unpaired) electrons. The molecule has 1 N–H and O–H groups in total. The van der Waals surface area contributed by atoms with Crippen molar-refractivity contribution in [2.24, 2.45) is 0 Å². The highest BCUT2D eigenvalue weighted by Gasteiger charge is 2.21. The average molecular weight is 410 g/mol. The van der Waals surface area contributed by atoms with Gasteiger partial charge in [-0.3, -0.25) is 9.59 Å². The molecule has 4 aromatic rings. The lowest BCUT2D eigenvalue weighted by molar-refractivity contribution is -0.118. The van der Waals surface area contributed by atoms with Crippen molar-refractivity contribution in [3.8, 4) is 17.3 Å². The van der Waals surface area contributed by atoms with Gasteiger partial charge in [0.1, 0.15) is 5.58 Å². The molecule has 0 spiro atoms. The SMILES string of the molecule is Cc1ccc(NC(=O)COc2c(-c3ccco3)oc3ccc(Cl)cc3c2=O)cc1. The first-order valence-corrected chi connectivity index (χ1v) is 9.18.